The molecule has 1 heterocycles. The molecule has 0 saturated carbocycles. The molecule has 1 unspecified atom stereocenters. The molecule has 0 amide bonds. The average Bonchev–Trinajstić information content (AvgIpc) is 2.46. The van der Waals surface area contributed by atoms with Gasteiger partial charge in [0.25, 0.3) is 0 Å². The summed E-state index contributed by atoms with van der Waals surface area (Å²) in [5.74, 6) is 0. The molecular formula is C17H16N2. The molecule has 3 rings (SSSR count). The molecule has 3 aromatic rings. The van der Waals surface area contributed by atoms with Gasteiger partial charge in [-0.1, -0.05) is 42.5 Å². The summed E-state index contributed by atoms with van der Waals surface area (Å²) in [6.45, 7) is 2.00. The van der Waals surface area contributed by atoms with Crippen LogP contribution in [-0.2, 0) is 0 Å². The Hall–Kier alpha value is -2.19. The Labute approximate surface area is 112 Å². The van der Waals surface area contributed by atoms with Gasteiger partial charge in [0.2, 0.25) is 0 Å². The third-order valence-electron chi connectivity index (χ3n) is 3.52. The van der Waals surface area contributed by atoms with E-state index in [1.54, 1.807) is 6.20 Å². The third kappa shape index (κ3) is 2.23. The highest BCUT2D eigenvalue weighted by Gasteiger charge is 2.11. The number of nitrogens with two attached hydrogens (primary N) is 1. The van der Waals surface area contributed by atoms with Crippen molar-refractivity contribution >= 4 is 10.8 Å². The van der Waals surface area contributed by atoms with Gasteiger partial charge < -0.3 is 5.73 Å². The molecule has 94 valence electrons. The van der Waals surface area contributed by atoms with Gasteiger partial charge in [0.1, 0.15) is 0 Å². The van der Waals surface area contributed by atoms with E-state index in [1.807, 2.05) is 31.2 Å². The van der Waals surface area contributed by atoms with Gasteiger partial charge in [0.05, 0.1) is 6.04 Å². The summed E-state index contributed by atoms with van der Waals surface area (Å²) in [4.78, 5) is 4.31. The Morgan fingerprint density at radius 3 is 2.53 bits per heavy atom. The normalized spacial score (nSPS) is 12.5. The van der Waals surface area contributed by atoms with E-state index < -0.39 is 0 Å². The number of aromatic nitrogens is 1. The molecule has 2 N–H and O–H groups in total. The molecule has 0 bridgehead atoms. The first-order valence-corrected chi connectivity index (χ1v) is 6.41. The van der Waals surface area contributed by atoms with Gasteiger partial charge in [-0.3, -0.25) is 4.98 Å². The van der Waals surface area contributed by atoms with Crippen LogP contribution in [0.25, 0.3) is 10.8 Å². The van der Waals surface area contributed by atoms with Crippen LogP contribution < -0.4 is 5.73 Å². The summed E-state index contributed by atoms with van der Waals surface area (Å²) in [5.41, 5.74) is 9.56. The van der Waals surface area contributed by atoms with Crippen LogP contribution in [0.3, 0.4) is 0 Å². The Kier molecular flexibility index (Phi) is 3.02. The van der Waals surface area contributed by atoms with E-state index in [0.29, 0.717) is 0 Å². The summed E-state index contributed by atoms with van der Waals surface area (Å²) in [5, 5.41) is 2.46. The van der Waals surface area contributed by atoms with Crippen molar-refractivity contribution in [3.05, 3.63) is 77.6 Å². The molecular weight excluding hydrogens is 232 g/mol. The molecule has 1 aromatic heterocycles. The second kappa shape index (κ2) is 4.82. The maximum absolute atomic E-state index is 6.37. The van der Waals surface area contributed by atoms with E-state index in [9.17, 15) is 0 Å². The summed E-state index contributed by atoms with van der Waals surface area (Å²) < 4.78 is 0. The van der Waals surface area contributed by atoms with Crippen molar-refractivity contribution < 1.29 is 0 Å². The molecule has 0 aliphatic rings. The first-order chi connectivity index (χ1) is 9.25. The smallest absolute Gasteiger partial charge is 0.0569 e. The van der Waals surface area contributed by atoms with Crippen molar-refractivity contribution in [2.24, 2.45) is 5.73 Å². The average molecular weight is 248 g/mol. The molecule has 2 aromatic carbocycles. The predicted molar refractivity (Wildman–Crippen MR) is 79.0 cm³/mol. The lowest BCUT2D eigenvalue weighted by Crippen LogP contribution is -2.13. The standard InChI is InChI=1S/C17H16N2/c1-12-16(7-4-10-19-12)17(18)15-9-8-13-5-2-3-6-14(13)11-15/h2-11,17H,18H2,1H3. The summed E-state index contributed by atoms with van der Waals surface area (Å²) in [6.07, 6.45) is 1.80. The lowest BCUT2D eigenvalue weighted by molar-refractivity contribution is 0.850. The summed E-state index contributed by atoms with van der Waals surface area (Å²) in [6, 6.07) is 18.5. The van der Waals surface area contributed by atoms with E-state index in [0.717, 1.165) is 16.8 Å². The number of hydrogen-bond acceptors (Lipinski definition) is 2. The fraction of sp³-hybridized carbons (Fsp3) is 0.118. The van der Waals surface area contributed by atoms with Gasteiger partial charge in [0, 0.05) is 11.9 Å². The topological polar surface area (TPSA) is 38.9 Å². The van der Waals surface area contributed by atoms with Crippen LogP contribution >= 0.6 is 0 Å². The summed E-state index contributed by atoms with van der Waals surface area (Å²) >= 11 is 0. The van der Waals surface area contributed by atoms with Crippen molar-refractivity contribution in [1.82, 2.24) is 4.98 Å². The van der Waals surface area contributed by atoms with E-state index in [2.05, 4.69) is 35.3 Å². The van der Waals surface area contributed by atoms with E-state index in [1.165, 1.54) is 10.8 Å². The SMILES string of the molecule is Cc1ncccc1C(N)c1ccc2ccccc2c1. The molecule has 2 nitrogen and oxygen atoms in total. The van der Waals surface area contributed by atoms with Crippen LogP contribution in [0, 0.1) is 6.92 Å². The van der Waals surface area contributed by atoms with Crippen molar-refractivity contribution in [2.45, 2.75) is 13.0 Å². The van der Waals surface area contributed by atoms with Gasteiger partial charge in [-0.15, -0.1) is 0 Å². The number of fused-ring (bicyclic) bond motifs is 1. The van der Waals surface area contributed by atoms with Gasteiger partial charge in [-0.05, 0) is 41.0 Å². The summed E-state index contributed by atoms with van der Waals surface area (Å²) in [7, 11) is 0. The minimum atomic E-state index is -0.127. The van der Waals surface area contributed by atoms with Crippen LogP contribution in [0.5, 0.6) is 0 Å². The molecule has 1 atom stereocenters. The van der Waals surface area contributed by atoms with Crippen LogP contribution in [0.15, 0.2) is 60.8 Å². The zero-order chi connectivity index (χ0) is 13.2. The monoisotopic (exact) mass is 248 g/mol. The van der Waals surface area contributed by atoms with Crippen molar-refractivity contribution in [2.75, 3.05) is 0 Å². The minimum Gasteiger partial charge on any atom is -0.320 e. The van der Waals surface area contributed by atoms with Crippen LogP contribution in [0.1, 0.15) is 22.9 Å². The van der Waals surface area contributed by atoms with Gasteiger partial charge in [0.15, 0.2) is 0 Å². The Balaban J connectivity index is 2.07. The highest BCUT2D eigenvalue weighted by atomic mass is 14.7. The third-order valence-corrected chi connectivity index (χ3v) is 3.52. The zero-order valence-electron chi connectivity index (χ0n) is 10.9. The second-order valence-electron chi connectivity index (χ2n) is 4.76. The second-order valence-corrected chi connectivity index (χ2v) is 4.76. The number of rotatable bonds is 2. The molecule has 0 spiro atoms. The fourth-order valence-electron chi connectivity index (χ4n) is 2.41. The predicted octanol–water partition coefficient (Wildman–Crippen LogP) is 3.59. The number of pyridine rings is 1. The maximum atomic E-state index is 6.37. The number of aryl methyl sites for hydroxylation is 1. The van der Waals surface area contributed by atoms with Crippen molar-refractivity contribution in [3.8, 4) is 0 Å². The van der Waals surface area contributed by atoms with Crippen molar-refractivity contribution in [1.29, 1.82) is 0 Å². The molecule has 0 aliphatic carbocycles. The highest BCUT2D eigenvalue weighted by molar-refractivity contribution is 5.83. The largest absolute Gasteiger partial charge is 0.320 e. The zero-order valence-corrected chi connectivity index (χ0v) is 10.9. The molecule has 0 fully saturated rings. The Morgan fingerprint density at radius 2 is 1.74 bits per heavy atom. The molecule has 2 heteroatoms. The molecule has 0 radical (unpaired) electrons. The van der Waals surface area contributed by atoms with Crippen LogP contribution in [-0.4, -0.2) is 4.98 Å². The quantitative estimate of drug-likeness (QED) is 0.752. The molecule has 0 saturated heterocycles. The van der Waals surface area contributed by atoms with Crippen LogP contribution in [0.4, 0.5) is 0 Å². The Morgan fingerprint density at radius 1 is 0.947 bits per heavy atom. The van der Waals surface area contributed by atoms with E-state index in [4.69, 9.17) is 5.73 Å². The maximum Gasteiger partial charge on any atom is 0.0569 e. The molecule has 0 aliphatic heterocycles. The van der Waals surface area contributed by atoms with Crippen LogP contribution in [0.2, 0.25) is 0 Å². The van der Waals surface area contributed by atoms with Gasteiger partial charge in [-0.25, -0.2) is 0 Å². The number of hydrogen-bond donors (Lipinski definition) is 1. The highest BCUT2D eigenvalue weighted by Crippen LogP contribution is 2.24. The minimum absolute atomic E-state index is 0.127. The van der Waals surface area contributed by atoms with E-state index >= 15 is 0 Å². The van der Waals surface area contributed by atoms with Gasteiger partial charge in [-0.2, -0.15) is 0 Å². The van der Waals surface area contributed by atoms with E-state index in [-0.39, 0.29) is 6.04 Å². The van der Waals surface area contributed by atoms with Gasteiger partial charge >= 0.3 is 0 Å². The number of benzene rings is 2. The molecule has 19 heavy (non-hydrogen) atoms. The Bertz CT molecular complexity index is 719. The first-order valence-electron chi connectivity index (χ1n) is 6.41. The lowest BCUT2D eigenvalue weighted by atomic mass is 9.96. The number of nitrogens with zero attached hydrogens (tertiary/aromatic N) is 1. The van der Waals surface area contributed by atoms with Crippen molar-refractivity contribution in [3.63, 3.8) is 0 Å². The fourth-order valence-corrected chi connectivity index (χ4v) is 2.41. The first kappa shape index (κ1) is 11.9. The lowest BCUT2D eigenvalue weighted by Gasteiger charge is -2.15.